The zero-order chi connectivity index (χ0) is 13.7. The predicted molar refractivity (Wildman–Crippen MR) is 63.2 cm³/mol. The summed E-state index contributed by atoms with van der Waals surface area (Å²) in [5.41, 5.74) is 5.74. The Kier molecular flexibility index (Phi) is 4.03. The van der Waals surface area contributed by atoms with Crippen LogP contribution in [0.5, 0.6) is 0 Å². The number of carbonyl (C=O) groups is 3. The average molecular weight is 250 g/mol. The van der Waals surface area contributed by atoms with Gasteiger partial charge in [0.1, 0.15) is 0 Å². The van der Waals surface area contributed by atoms with Gasteiger partial charge in [0.05, 0.1) is 5.56 Å². The molecule has 1 aromatic rings. The van der Waals surface area contributed by atoms with Gasteiger partial charge in [-0.15, -0.1) is 0 Å². The molecule has 0 aliphatic rings. The van der Waals surface area contributed by atoms with E-state index in [4.69, 9.17) is 15.9 Å². The van der Waals surface area contributed by atoms with Crippen LogP contribution in [-0.4, -0.2) is 28.1 Å². The second-order valence-electron chi connectivity index (χ2n) is 3.31. The summed E-state index contributed by atoms with van der Waals surface area (Å²) in [6.07, 6.45) is 1.48. The highest BCUT2D eigenvalue weighted by Gasteiger charge is 2.07. The molecule has 0 spiro atoms. The molecular formula is C11H10N2O5. The highest BCUT2D eigenvalue weighted by molar-refractivity contribution is 6.03. The van der Waals surface area contributed by atoms with Crippen molar-refractivity contribution >= 4 is 29.2 Å². The molecule has 7 heteroatoms. The average Bonchev–Trinajstić information content (AvgIpc) is 2.25. The van der Waals surface area contributed by atoms with Gasteiger partial charge in [0.25, 0.3) is 0 Å². The van der Waals surface area contributed by atoms with Crippen molar-refractivity contribution in [3.05, 3.63) is 35.9 Å². The molecule has 18 heavy (non-hydrogen) atoms. The largest absolute Gasteiger partial charge is 0.478 e. The number of aromatic carboxylic acids is 1. The van der Waals surface area contributed by atoms with Crippen LogP contribution < -0.4 is 11.1 Å². The molecule has 0 aliphatic heterocycles. The van der Waals surface area contributed by atoms with Gasteiger partial charge >= 0.3 is 11.9 Å². The molecule has 0 fully saturated rings. The van der Waals surface area contributed by atoms with Gasteiger partial charge < -0.3 is 21.3 Å². The number of hydrogen-bond acceptors (Lipinski definition) is 4. The molecule has 1 aromatic carbocycles. The Hall–Kier alpha value is -2.83. The fourth-order valence-corrected chi connectivity index (χ4v) is 1.18. The molecule has 1 rings (SSSR count). The maximum atomic E-state index is 11.3. The van der Waals surface area contributed by atoms with Gasteiger partial charge in [0, 0.05) is 23.5 Å². The van der Waals surface area contributed by atoms with Crippen LogP contribution in [-0.2, 0) is 9.59 Å². The topological polar surface area (TPSA) is 130 Å². The summed E-state index contributed by atoms with van der Waals surface area (Å²) < 4.78 is 0. The molecule has 5 N–H and O–H groups in total. The Bertz CT molecular complexity index is 536. The number of carboxylic acid groups (broad SMARTS) is 2. The molecule has 1 amide bonds. The fourth-order valence-electron chi connectivity index (χ4n) is 1.18. The van der Waals surface area contributed by atoms with E-state index in [1.54, 1.807) is 0 Å². The van der Waals surface area contributed by atoms with E-state index in [0.717, 1.165) is 6.08 Å². The van der Waals surface area contributed by atoms with Crippen molar-refractivity contribution in [2.24, 2.45) is 0 Å². The van der Waals surface area contributed by atoms with Gasteiger partial charge in [-0.3, -0.25) is 4.79 Å². The van der Waals surface area contributed by atoms with Crippen molar-refractivity contribution in [3.63, 3.8) is 0 Å². The lowest BCUT2D eigenvalue weighted by Crippen LogP contribution is -2.10. The molecule has 0 heterocycles. The quantitative estimate of drug-likeness (QED) is 0.456. The maximum Gasteiger partial charge on any atom is 0.335 e. The Balaban J connectivity index is 2.88. The summed E-state index contributed by atoms with van der Waals surface area (Å²) >= 11 is 0. The predicted octanol–water partition coefficient (Wildman–Crippen LogP) is 0.546. The lowest BCUT2D eigenvalue weighted by Gasteiger charge is -2.05. The molecule has 0 saturated carbocycles. The molecule has 0 aliphatic carbocycles. The number of nitrogen functional groups attached to an aromatic ring is 1. The SMILES string of the molecule is Nc1cc(NC(=O)/C=C/C(=O)O)cc(C(=O)O)c1. The molecule has 0 radical (unpaired) electrons. The molecule has 0 saturated heterocycles. The first kappa shape index (κ1) is 13.2. The molecule has 7 nitrogen and oxygen atoms in total. The van der Waals surface area contributed by atoms with E-state index < -0.39 is 17.8 Å². The summed E-state index contributed by atoms with van der Waals surface area (Å²) in [6, 6.07) is 3.81. The highest BCUT2D eigenvalue weighted by Crippen LogP contribution is 2.16. The molecule has 0 unspecified atom stereocenters. The minimum absolute atomic E-state index is 0.0764. The van der Waals surface area contributed by atoms with Crippen LogP contribution in [0.25, 0.3) is 0 Å². The second-order valence-corrected chi connectivity index (χ2v) is 3.31. The first-order chi connectivity index (χ1) is 8.38. The Labute approximate surface area is 102 Å². The zero-order valence-electron chi connectivity index (χ0n) is 9.08. The van der Waals surface area contributed by atoms with Gasteiger partial charge in [-0.05, 0) is 18.2 Å². The van der Waals surface area contributed by atoms with E-state index >= 15 is 0 Å². The summed E-state index contributed by atoms with van der Waals surface area (Å²) in [5, 5.41) is 19.4. The Morgan fingerprint density at radius 1 is 1.11 bits per heavy atom. The monoisotopic (exact) mass is 250 g/mol. The van der Waals surface area contributed by atoms with Crippen molar-refractivity contribution < 1.29 is 24.6 Å². The number of carboxylic acids is 2. The second kappa shape index (κ2) is 5.48. The van der Waals surface area contributed by atoms with Gasteiger partial charge in [0.15, 0.2) is 0 Å². The lowest BCUT2D eigenvalue weighted by atomic mass is 10.1. The number of hydrogen-bond donors (Lipinski definition) is 4. The first-order valence-corrected chi connectivity index (χ1v) is 4.74. The van der Waals surface area contributed by atoms with E-state index in [2.05, 4.69) is 5.32 Å². The van der Waals surface area contributed by atoms with E-state index in [0.29, 0.717) is 6.08 Å². The minimum Gasteiger partial charge on any atom is -0.478 e. The number of amides is 1. The van der Waals surface area contributed by atoms with Crippen LogP contribution >= 0.6 is 0 Å². The zero-order valence-corrected chi connectivity index (χ0v) is 9.08. The molecule has 0 bridgehead atoms. The number of aliphatic carboxylic acids is 1. The number of nitrogens with two attached hydrogens (primary N) is 1. The molecule has 0 atom stereocenters. The van der Waals surface area contributed by atoms with Crippen LogP contribution in [0.2, 0.25) is 0 Å². The summed E-state index contributed by atoms with van der Waals surface area (Å²) in [7, 11) is 0. The van der Waals surface area contributed by atoms with Crippen molar-refractivity contribution in [2.45, 2.75) is 0 Å². The summed E-state index contributed by atoms with van der Waals surface area (Å²) in [6.45, 7) is 0. The van der Waals surface area contributed by atoms with Gasteiger partial charge in [-0.25, -0.2) is 9.59 Å². The van der Waals surface area contributed by atoms with Gasteiger partial charge in [0.2, 0.25) is 5.91 Å². The molecular weight excluding hydrogens is 240 g/mol. The third-order valence-electron chi connectivity index (χ3n) is 1.85. The van der Waals surface area contributed by atoms with Crippen molar-refractivity contribution in [2.75, 3.05) is 11.1 Å². The van der Waals surface area contributed by atoms with Gasteiger partial charge in [-0.2, -0.15) is 0 Å². The molecule has 94 valence electrons. The van der Waals surface area contributed by atoms with E-state index in [-0.39, 0.29) is 16.9 Å². The van der Waals surface area contributed by atoms with Crippen LogP contribution in [0.15, 0.2) is 30.4 Å². The van der Waals surface area contributed by atoms with Crippen LogP contribution in [0.1, 0.15) is 10.4 Å². The normalized spacial score (nSPS) is 10.2. The van der Waals surface area contributed by atoms with Crippen LogP contribution in [0.4, 0.5) is 11.4 Å². The number of anilines is 2. The van der Waals surface area contributed by atoms with E-state index in [9.17, 15) is 14.4 Å². The van der Waals surface area contributed by atoms with Gasteiger partial charge in [-0.1, -0.05) is 0 Å². The third kappa shape index (κ3) is 3.97. The number of rotatable bonds is 4. The molecule has 0 aromatic heterocycles. The number of carbonyl (C=O) groups excluding carboxylic acids is 1. The first-order valence-electron chi connectivity index (χ1n) is 4.74. The summed E-state index contributed by atoms with van der Waals surface area (Å²) in [4.78, 5) is 32.2. The fraction of sp³-hybridized carbons (Fsp3) is 0. The van der Waals surface area contributed by atoms with Crippen LogP contribution in [0, 0.1) is 0 Å². The maximum absolute atomic E-state index is 11.3. The van der Waals surface area contributed by atoms with E-state index in [1.165, 1.54) is 18.2 Å². The van der Waals surface area contributed by atoms with Crippen molar-refractivity contribution in [3.8, 4) is 0 Å². The highest BCUT2D eigenvalue weighted by atomic mass is 16.4. The summed E-state index contributed by atoms with van der Waals surface area (Å²) in [5.74, 6) is -3.14. The standard InChI is InChI=1S/C11H10N2O5/c12-7-3-6(11(17)18)4-8(5-7)13-9(14)1-2-10(15)16/h1-5H,12H2,(H,13,14)(H,15,16)(H,17,18)/b2-1+. The van der Waals surface area contributed by atoms with Crippen molar-refractivity contribution in [1.29, 1.82) is 0 Å². The number of nitrogens with one attached hydrogen (secondary N) is 1. The number of benzene rings is 1. The van der Waals surface area contributed by atoms with Crippen molar-refractivity contribution in [1.82, 2.24) is 0 Å². The van der Waals surface area contributed by atoms with Crippen LogP contribution in [0.3, 0.4) is 0 Å². The third-order valence-corrected chi connectivity index (χ3v) is 1.85. The van der Waals surface area contributed by atoms with E-state index in [1.807, 2.05) is 0 Å². The Morgan fingerprint density at radius 3 is 2.33 bits per heavy atom. The minimum atomic E-state index is -1.26. The Morgan fingerprint density at radius 2 is 1.78 bits per heavy atom. The smallest absolute Gasteiger partial charge is 0.335 e. The lowest BCUT2D eigenvalue weighted by molar-refractivity contribution is -0.131.